The molecule has 3 nitrogen and oxygen atoms in total. The number of nitrogens with zero attached hydrogens (tertiary/aromatic N) is 1. The third-order valence-corrected chi connectivity index (χ3v) is 4.82. The van der Waals surface area contributed by atoms with E-state index in [1.165, 1.54) is 22.3 Å². The molecule has 27 heavy (non-hydrogen) atoms. The number of hydrogen-bond acceptors (Lipinski definition) is 3. The predicted molar refractivity (Wildman–Crippen MR) is 109 cm³/mol. The number of methoxy groups -OCH3 is 1. The Morgan fingerprint density at radius 2 is 1.78 bits per heavy atom. The van der Waals surface area contributed by atoms with E-state index in [-0.39, 0.29) is 5.60 Å². The Hall–Kier alpha value is -3.07. The van der Waals surface area contributed by atoms with Crippen molar-refractivity contribution >= 4 is 11.6 Å². The van der Waals surface area contributed by atoms with Gasteiger partial charge in [-0.15, -0.1) is 0 Å². The van der Waals surface area contributed by atoms with Crippen LogP contribution < -0.4 is 9.47 Å². The van der Waals surface area contributed by atoms with Crippen LogP contribution in [0.1, 0.15) is 36.1 Å². The molecule has 2 heterocycles. The summed E-state index contributed by atoms with van der Waals surface area (Å²) in [6, 6.07) is 18.6. The Kier molecular flexibility index (Phi) is 4.44. The van der Waals surface area contributed by atoms with E-state index in [9.17, 15) is 0 Å². The first-order chi connectivity index (χ1) is 13.1. The zero-order valence-corrected chi connectivity index (χ0v) is 15.9. The topological polar surface area (TPSA) is 31.4 Å². The van der Waals surface area contributed by atoms with Crippen molar-refractivity contribution in [3.63, 3.8) is 0 Å². The van der Waals surface area contributed by atoms with E-state index < -0.39 is 0 Å². The molecule has 0 N–H and O–H groups in total. The molecule has 2 aromatic carbocycles. The minimum absolute atomic E-state index is 0.246. The van der Waals surface area contributed by atoms with Crippen LogP contribution in [0.25, 0.3) is 11.6 Å². The Balaban J connectivity index is 1.93. The van der Waals surface area contributed by atoms with Crippen LogP contribution in [0.15, 0.2) is 67.0 Å². The molecule has 3 heteroatoms. The SMILES string of the molecule is COc1ccc(/C(=C\c2ccncc2)c2ccccc2)c2c1OC(C)(C)C2. The van der Waals surface area contributed by atoms with Crippen LogP contribution in [0.5, 0.6) is 11.5 Å². The van der Waals surface area contributed by atoms with Gasteiger partial charge in [0, 0.05) is 24.4 Å². The van der Waals surface area contributed by atoms with Crippen LogP contribution in [0.3, 0.4) is 0 Å². The fraction of sp³-hybridized carbons (Fsp3) is 0.208. The lowest BCUT2D eigenvalue weighted by Crippen LogP contribution is -2.24. The number of ether oxygens (including phenoxy) is 2. The molecule has 0 radical (unpaired) electrons. The molecule has 0 unspecified atom stereocenters. The molecular weight excluding hydrogens is 334 g/mol. The first-order valence-electron chi connectivity index (χ1n) is 9.14. The molecule has 1 aromatic heterocycles. The van der Waals surface area contributed by atoms with Crippen molar-refractivity contribution in [2.45, 2.75) is 25.9 Å². The fourth-order valence-electron chi connectivity index (χ4n) is 3.61. The Labute approximate surface area is 160 Å². The number of aromatic nitrogens is 1. The Morgan fingerprint density at radius 3 is 2.48 bits per heavy atom. The highest BCUT2D eigenvalue weighted by Gasteiger charge is 2.35. The van der Waals surface area contributed by atoms with Gasteiger partial charge in [-0.3, -0.25) is 4.98 Å². The van der Waals surface area contributed by atoms with E-state index in [0.29, 0.717) is 0 Å². The van der Waals surface area contributed by atoms with Crippen molar-refractivity contribution in [2.75, 3.05) is 7.11 Å². The van der Waals surface area contributed by atoms with Crippen molar-refractivity contribution < 1.29 is 9.47 Å². The number of pyridine rings is 1. The van der Waals surface area contributed by atoms with E-state index in [1.807, 2.05) is 36.7 Å². The lowest BCUT2D eigenvalue weighted by molar-refractivity contribution is 0.134. The fourth-order valence-corrected chi connectivity index (χ4v) is 3.61. The number of hydrogen-bond donors (Lipinski definition) is 0. The van der Waals surface area contributed by atoms with Crippen molar-refractivity contribution in [2.24, 2.45) is 0 Å². The first kappa shape index (κ1) is 17.3. The van der Waals surface area contributed by atoms with Crippen LogP contribution in [0.2, 0.25) is 0 Å². The summed E-state index contributed by atoms with van der Waals surface area (Å²) in [6.45, 7) is 4.23. The molecule has 0 fully saturated rings. The van der Waals surface area contributed by atoms with Crippen LogP contribution in [-0.4, -0.2) is 17.7 Å². The number of rotatable bonds is 4. The summed E-state index contributed by atoms with van der Waals surface area (Å²) in [5.41, 5.74) is 5.59. The number of benzene rings is 2. The standard InChI is InChI=1S/C24H23NO2/c1-24(2)16-21-19(9-10-22(26-3)23(21)27-24)20(18-7-5-4-6-8-18)15-17-11-13-25-14-12-17/h4-15H,16H2,1-3H3/b20-15-. The highest BCUT2D eigenvalue weighted by Crippen LogP contribution is 2.46. The minimum atomic E-state index is -0.246. The summed E-state index contributed by atoms with van der Waals surface area (Å²) in [5, 5.41) is 0. The van der Waals surface area contributed by atoms with Gasteiger partial charge in [-0.2, -0.15) is 0 Å². The lowest BCUT2D eigenvalue weighted by Gasteiger charge is -2.17. The summed E-state index contributed by atoms with van der Waals surface area (Å²) in [4.78, 5) is 4.13. The summed E-state index contributed by atoms with van der Waals surface area (Å²) in [7, 11) is 1.69. The van der Waals surface area contributed by atoms with Gasteiger partial charge in [-0.25, -0.2) is 0 Å². The second-order valence-electron chi connectivity index (χ2n) is 7.37. The Morgan fingerprint density at radius 1 is 1.04 bits per heavy atom. The Bertz CT molecular complexity index is 976. The maximum Gasteiger partial charge on any atom is 0.165 e. The summed E-state index contributed by atoms with van der Waals surface area (Å²) in [6.07, 6.45) is 6.69. The van der Waals surface area contributed by atoms with Crippen LogP contribution in [-0.2, 0) is 6.42 Å². The second kappa shape index (κ2) is 6.92. The van der Waals surface area contributed by atoms with Gasteiger partial charge in [0.25, 0.3) is 0 Å². The third-order valence-electron chi connectivity index (χ3n) is 4.82. The first-order valence-corrected chi connectivity index (χ1v) is 9.14. The van der Waals surface area contributed by atoms with Crippen molar-refractivity contribution in [1.29, 1.82) is 0 Å². The summed E-state index contributed by atoms with van der Waals surface area (Å²) in [5.74, 6) is 1.65. The molecular formula is C24H23NO2. The molecule has 3 aromatic rings. The zero-order chi connectivity index (χ0) is 18.9. The largest absolute Gasteiger partial charge is 0.493 e. The van der Waals surface area contributed by atoms with Gasteiger partial charge in [0.1, 0.15) is 5.60 Å². The molecule has 0 spiro atoms. The maximum absolute atomic E-state index is 6.23. The highest BCUT2D eigenvalue weighted by atomic mass is 16.5. The summed E-state index contributed by atoms with van der Waals surface area (Å²) < 4.78 is 11.8. The van der Waals surface area contributed by atoms with Gasteiger partial charge in [0.15, 0.2) is 11.5 Å². The molecule has 136 valence electrons. The maximum atomic E-state index is 6.23. The van der Waals surface area contributed by atoms with Gasteiger partial charge in [0.05, 0.1) is 7.11 Å². The van der Waals surface area contributed by atoms with Gasteiger partial charge in [-0.05, 0) is 60.4 Å². The zero-order valence-electron chi connectivity index (χ0n) is 15.9. The van der Waals surface area contributed by atoms with Gasteiger partial charge >= 0.3 is 0 Å². The van der Waals surface area contributed by atoms with E-state index in [2.05, 4.69) is 55.2 Å². The molecule has 0 saturated heterocycles. The average molecular weight is 357 g/mol. The molecule has 1 aliphatic rings. The van der Waals surface area contributed by atoms with Gasteiger partial charge < -0.3 is 9.47 Å². The van der Waals surface area contributed by atoms with E-state index in [0.717, 1.165) is 23.5 Å². The number of fused-ring (bicyclic) bond motifs is 1. The van der Waals surface area contributed by atoms with Crippen LogP contribution in [0.4, 0.5) is 0 Å². The molecule has 0 atom stereocenters. The molecule has 0 saturated carbocycles. The van der Waals surface area contributed by atoms with E-state index >= 15 is 0 Å². The monoisotopic (exact) mass is 357 g/mol. The molecule has 1 aliphatic heterocycles. The lowest BCUT2D eigenvalue weighted by atomic mass is 9.89. The van der Waals surface area contributed by atoms with E-state index in [1.54, 1.807) is 7.11 Å². The molecule has 0 aliphatic carbocycles. The van der Waals surface area contributed by atoms with Gasteiger partial charge in [0.2, 0.25) is 0 Å². The molecule has 4 rings (SSSR count). The quantitative estimate of drug-likeness (QED) is 0.627. The highest BCUT2D eigenvalue weighted by molar-refractivity contribution is 5.93. The normalized spacial score (nSPS) is 15.1. The summed E-state index contributed by atoms with van der Waals surface area (Å²) >= 11 is 0. The average Bonchev–Trinajstić information content (AvgIpc) is 3.02. The minimum Gasteiger partial charge on any atom is -0.493 e. The van der Waals surface area contributed by atoms with Gasteiger partial charge in [-0.1, -0.05) is 36.4 Å². The van der Waals surface area contributed by atoms with Crippen molar-refractivity contribution in [3.05, 3.63) is 89.2 Å². The third kappa shape index (κ3) is 3.45. The predicted octanol–water partition coefficient (Wildman–Crippen LogP) is 5.39. The second-order valence-corrected chi connectivity index (χ2v) is 7.37. The van der Waals surface area contributed by atoms with E-state index in [4.69, 9.17) is 9.47 Å². The van der Waals surface area contributed by atoms with Crippen molar-refractivity contribution in [1.82, 2.24) is 4.98 Å². The van der Waals surface area contributed by atoms with Crippen molar-refractivity contribution in [3.8, 4) is 11.5 Å². The van der Waals surface area contributed by atoms with Crippen LogP contribution in [0, 0.1) is 0 Å². The molecule has 0 bridgehead atoms. The smallest absolute Gasteiger partial charge is 0.165 e. The van der Waals surface area contributed by atoms with Crippen LogP contribution >= 0.6 is 0 Å². The molecule has 0 amide bonds.